The molecule has 0 saturated heterocycles. The maximum atomic E-state index is 9.34. The Morgan fingerprint density at radius 2 is 1.61 bits per heavy atom. The second-order valence-corrected chi connectivity index (χ2v) is 4.64. The second-order valence-electron chi connectivity index (χ2n) is 4.23. The van der Waals surface area contributed by atoms with E-state index in [1.54, 1.807) is 0 Å². The standard InChI is InChI=1S/C15H16ClNO/c1-17(10-12-6-2-4-8-14(12)16)15-9-5-3-7-13(15)11-18/h2-9,18H,10-11H2,1H3. The van der Waals surface area contributed by atoms with Crippen LogP contribution in [0.4, 0.5) is 5.69 Å². The molecule has 0 spiro atoms. The summed E-state index contributed by atoms with van der Waals surface area (Å²) in [6, 6.07) is 15.6. The molecular formula is C15H16ClNO. The van der Waals surface area contributed by atoms with Crippen molar-refractivity contribution in [1.82, 2.24) is 0 Å². The number of hydrogen-bond donors (Lipinski definition) is 1. The molecule has 0 aliphatic heterocycles. The van der Waals surface area contributed by atoms with Crippen molar-refractivity contribution >= 4 is 17.3 Å². The predicted octanol–water partition coefficient (Wildman–Crippen LogP) is 3.47. The summed E-state index contributed by atoms with van der Waals surface area (Å²) in [4.78, 5) is 2.09. The lowest BCUT2D eigenvalue weighted by Gasteiger charge is -2.22. The van der Waals surface area contributed by atoms with Gasteiger partial charge in [0.15, 0.2) is 0 Å². The van der Waals surface area contributed by atoms with Crippen molar-refractivity contribution < 1.29 is 5.11 Å². The van der Waals surface area contributed by atoms with Crippen LogP contribution in [0.5, 0.6) is 0 Å². The van der Waals surface area contributed by atoms with E-state index >= 15 is 0 Å². The number of para-hydroxylation sites is 1. The number of halogens is 1. The van der Waals surface area contributed by atoms with E-state index in [-0.39, 0.29) is 6.61 Å². The van der Waals surface area contributed by atoms with Gasteiger partial charge in [0.1, 0.15) is 0 Å². The van der Waals surface area contributed by atoms with Crippen LogP contribution in [-0.2, 0) is 13.2 Å². The highest BCUT2D eigenvalue weighted by Crippen LogP contribution is 2.23. The number of aliphatic hydroxyl groups is 1. The highest BCUT2D eigenvalue weighted by Gasteiger charge is 2.08. The molecule has 0 unspecified atom stereocenters. The zero-order valence-corrected chi connectivity index (χ0v) is 11.1. The summed E-state index contributed by atoms with van der Waals surface area (Å²) in [5.74, 6) is 0. The topological polar surface area (TPSA) is 23.5 Å². The third-order valence-corrected chi connectivity index (χ3v) is 3.31. The summed E-state index contributed by atoms with van der Waals surface area (Å²) in [7, 11) is 2.00. The Kier molecular flexibility index (Phi) is 4.24. The van der Waals surface area contributed by atoms with Gasteiger partial charge in [-0.1, -0.05) is 48.0 Å². The first-order chi connectivity index (χ1) is 8.72. The second kappa shape index (κ2) is 5.89. The van der Waals surface area contributed by atoms with Crippen LogP contribution in [-0.4, -0.2) is 12.2 Å². The third-order valence-electron chi connectivity index (χ3n) is 2.94. The molecule has 2 rings (SSSR count). The van der Waals surface area contributed by atoms with Crippen molar-refractivity contribution in [3.8, 4) is 0 Å². The van der Waals surface area contributed by atoms with Gasteiger partial charge < -0.3 is 10.0 Å². The van der Waals surface area contributed by atoms with Crippen molar-refractivity contribution in [3.05, 3.63) is 64.7 Å². The summed E-state index contributed by atoms with van der Waals surface area (Å²) >= 11 is 6.15. The van der Waals surface area contributed by atoms with Crippen LogP contribution in [0.1, 0.15) is 11.1 Å². The average Bonchev–Trinajstić information content (AvgIpc) is 2.41. The van der Waals surface area contributed by atoms with Gasteiger partial charge >= 0.3 is 0 Å². The average molecular weight is 262 g/mol. The van der Waals surface area contributed by atoms with Gasteiger partial charge in [-0.2, -0.15) is 0 Å². The minimum Gasteiger partial charge on any atom is -0.392 e. The summed E-state index contributed by atoms with van der Waals surface area (Å²) in [6.45, 7) is 0.764. The smallest absolute Gasteiger partial charge is 0.0702 e. The van der Waals surface area contributed by atoms with Gasteiger partial charge in [0.25, 0.3) is 0 Å². The molecule has 94 valence electrons. The number of benzene rings is 2. The predicted molar refractivity (Wildman–Crippen MR) is 75.9 cm³/mol. The van der Waals surface area contributed by atoms with Gasteiger partial charge in [-0.05, 0) is 17.7 Å². The maximum Gasteiger partial charge on any atom is 0.0702 e. The Labute approximate surface area is 112 Å². The SMILES string of the molecule is CN(Cc1ccccc1Cl)c1ccccc1CO. The van der Waals surface area contributed by atoms with Crippen LogP contribution < -0.4 is 4.90 Å². The molecule has 0 radical (unpaired) electrons. The van der Waals surface area contributed by atoms with E-state index in [4.69, 9.17) is 11.6 Å². The fourth-order valence-electron chi connectivity index (χ4n) is 1.98. The van der Waals surface area contributed by atoms with Gasteiger partial charge in [0.05, 0.1) is 6.61 Å². The molecule has 0 atom stereocenters. The molecule has 0 aromatic heterocycles. The molecule has 18 heavy (non-hydrogen) atoms. The Bertz CT molecular complexity index is 527. The highest BCUT2D eigenvalue weighted by molar-refractivity contribution is 6.31. The zero-order chi connectivity index (χ0) is 13.0. The van der Waals surface area contributed by atoms with Crippen molar-refractivity contribution in [2.45, 2.75) is 13.2 Å². The number of rotatable bonds is 4. The van der Waals surface area contributed by atoms with Gasteiger partial charge in [0.2, 0.25) is 0 Å². The van der Waals surface area contributed by atoms with Crippen molar-refractivity contribution in [2.24, 2.45) is 0 Å². The Balaban J connectivity index is 2.22. The number of nitrogens with zero attached hydrogens (tertiary/aromatic N) is 1. The molecule has 0 saturated carbocycles. The summed E-state index contributed by atoms with van der Waals surface area (Å²) in [5.41, 5.74) is 3.03. The van der Waals surface area contributed by atoms with E-state index in [2.05, 4.69) is 4.90 Å². The first-order valence-electron chi connectivity index (χ1n) is 5.85. The first-order valence-corrected chi connectivity index (χ1v) is 6.23. The van der Waals surface area contributed by atoms with Gasteiger partial charge in [0, 0.05) is 29.9 Å². The lowest BCUT2D eigenvalue weighted by Crippen LogP contribution is -2.18. The van der Waals surface area contributed by atoms with E-state index in [9.17, 15) is 5.11 Å². The van der Waals surface area contributed by atoms with Crippen LogP contribution in [0, 0.1) is 0 Å². The number of hydrogen-bond acceptors (Lipinski definition) is 2. The lowest BCUT2D eigenvalue weighted by atomic mass is 10.1. The Hall–Kier alpha value is -1.51. The van der Waals surface area contributed by atoms with E-state index < -0.39 is 0 Å². The van der Waals surface area contributed by atoms with Crippen LogP contribution in [0.3, 0.4) is 0 Å². The maximum absolute atomic E-state index is 9.34. The summed E-state index contributed by atoms with van der Waals surface area (Å²) < 4.78 is 0. The molecule has 0 aliphatic rings. The Morgan fingerprint density at radius 1 is 1.00 bits per heavy atom. The largest absolute Gasteiger partial charge is 0.392 e. The summed E-state index contributed by atoms with van der Waals surface area (Å²) in [6.07, 6.45) is 0. The lowest BCUT2D eigenvalue weighted by molar-refractivity contribution is 0.282. The molecule has 3 heteroatoms. The van der Waals surface area contributed by atoms with E-state index in [1.165, 1.54) is 0 Å². The fourth-order valence-corrected chi connectivity index (χ4v) is 2.18. The molecule has 0 amide bonds. The van der Waals surface area contributed by atoms with Crippen LogP contribution in [0.2, 0.25) is 5.02 Å². The molecule has 2 nitrogen and oxygen atoms in total. The van der Waals surface area contributed by atoms with E-state index in [1.807, 2.05) is 55.6 Å². The zero-order valence-electron chi connectivity index (χ0n) is 10.3. The van der Waals surface area contributed by atoms with Crippen LogP contribution in [0.15, 0.2) is 48.5 Å². The summed E-state index contributed by atoms with van der Waals surface area (Å²) in [5, 5.41) is 10.1. The normalized spacial score (nSPS) is 10.4. The van der Waals surface area contributed by atoms with Crippen molar-refractivity contribution in [2.75, 3.05) is 11.9 Å². The molecular weight excluding hydrogens is 246 g/mol. The Morgan fingerprint density at radius 3 is 2.28 bits per heavy atom. The number of aliphatic hydroxyl groups excluding tert-OH is 1. The fraction of sp³-hybridized carbons (Fsp3) is 0.200. The van der Waals surface area contributed by atoms with Gasteiger partial charge in [-0.15, -0.1) is 0 Å². The molecule has 0 bridgehead atoms. The first kappa shape index (κ1) is 12.9. The molecule has 2 aromatic rings. The van der Waals surface area contributed by atoms with E-state index in [0.717, 1.165) is 28.4 Å². The quantitative estimate of drug-likeness (QED) is 0.911. The molecule has 0 fully saturated rings. The minimum absolute atomic E-state index is 0.0447. The van der Waals surface area contributed by atoms with Crippen LogP contribution >= 0.6 is 11.6 Å². The molecule has 0 aliphatic carbocycles. The van der Waals surface area contributed by atoms with Crippen molar-refractivity contribution in [3.63, 3.8) is 0 Å². The van der Waals surface area contributed by atoms with Gasteiger partial charge in [-0.3, -0.25) is 0 Å². The molecule has 1 N–H and O–H groups in total. The molecule has 0 heterocycles. The molecule has 2 aromatic carbocycles. The monoisotopic (exact) mass is 261 g/mol. The van der Waals surface area contributed by atoms with E-state index in [0.29, 0.717) is 0 Å². The van der Waals surface area contributed by atoms with Gasteiger partial charge in [-0.25, -0.2) is 0 Å². The van der Waals surface area contributed by atoms with Crippen LogP contribution in [0.25, 0.3) is 0 Å². The minimum atomic E-state index is 0.0447. The van der Waals surface area contributed by atoms with Crippen molar-refractivity contribution in [1.29, 1.82) is 0 Å². The number of anilines is 1. The third kappa shape index (κ3) is 2.84. The highest BCUT2D eigenvalue weighted by atomic mass is 35.5.